The molecule has 5 rings (SSSR count). The van der Waals surface area contributed by atoms with E-state index in [-0.39, 0.29) is 5.41 Å². The average molecular weight is 379 g/mol. The minimum atomic E-state index is 0.164. The summed E-state index contributed by atoms with van der Waals surface area (Å²) in [5.41, 5.74) is 5.57. The van der Waals surface area contributed by atoms with E-state index in [2.05, 4.69) is 48.4 Å². The number of piperidine rings is 1. The monoisotopic (exact) mass is 378 g/mol. The van der Waals surface area contributed by atoms with Crippen LogP contribution >= 0.6 is 0 Å². The molecule has 150 valence electrons. The minimum Gasteiger partial charge on any atom is -0.311 e. The summed E-state index contributed by atoms with van der Waals surface area (Å²) >= 11 is 0. The lowest BCUT2D eigenvalue weighted by atomic mass is 9.72. The Kier molecular flexibility index (Phi) is 4.42. The van der Waals surface area contributed by atoms with E-state index in [1.165, 1.54) is 54.5 Å². The maximum Gasteiger partial charge on any atom is 0.230 e. The van der Waals surface area contributed by atoms with E-state index in [0.717, 1.165) is 38.4 Å². The summed E-state index contributed by atoms with van der Waals surface area (Å²) in [6.07, 6.45) is 8.19. The number of carbonyl (C=O) groups is 1. The molecule has 3 nitrogen and oxygen atoms in total. The van der Waals surface area contributed by atoms with Gasteiger partial charge in [0.05, 0.1) is 0 Å². The zero-order valence-corrected chi connectivity index (χ0v) is 17.5. The number of hydrogen-bond acceptors (Lipinski definition) is 2. The quantitative estimate of drug-likeness (QED) is 0.688. The van der Waals surface area contributed by atoms with Crippen molar-refractivity contribution in [2.24, 2.45) is 11.8 Å². The second-order valence-corrected chi connectivity index (χ2v) is 10.1. The summed E-state index contributed by atoms with van der Waals surface area (Å²) in [6.45, 7) is 12.1. The third kappa shape index (κ3) is 3.03. The van der Waals surface area contributed by atoms with Gasteiger partial charge in [0.25, 0.3) is 0 Å². The molecule has 1 aromatic carbocycles. The van der Waals surface area contributed by atoms with E-state index >= 15 is 0 Å². The van der Waals surface area contributed by atoms with Gasteiger partial charge >= 0.3 is 0 Å². The Morgan fingerprint density at radius 1 is 1.18 bits per heavy atom. The lowest BCUT2D eigenvalue weighted by molar-refractivity contribution is -0.119. The first kappa shape index (κ1) is 18.4. The third-order valence-electron chi connectivity index (χ3n) is 8.00. The number of likely N-dealkylation sites (tertiary alicyclic amines) is 1. The Morgan fingerprint density at radius 3 is 2.64 bits per heavy atom. The predicted octanol–water partition coefficient (Wildman–Crippen LogP) is 4.83. The molecular formula is C25H34N2O. The van der Waals surface area contributed by atoms with Gasteiger partial charge in [-0.1, -0.05) is 36.8 Å². The van der Waals surface area contributed by atoms with Gasteiger partial charge in [0.1, 0.15) is 0 Å². The molecule has 2 aliphatic carbocycles. The van der Waals surface area contributed by atoms with Crippen molar-refractivity contribution < 1.29 is 4.79 Å². The SMILES string of the molecule is C=C1CCC(C)C(N2CCC3(CC2)CN(C(=O)C2CC2)c2ccc(C)cc23)C1. The first-order chi connectivity index (χ1) is 13.5. The average Bonchev–Trinajstić information content (AvgIpc) is 3.49. The van der Waals surface area contributed by atoms with E-state index in [1.54, 1.807) is 0 Å². The number of hydrogen-bond donors (Lipinski definition) is 0. The van der Waals surface area contributed by atoms with Gasteiger partial charge < -0.3 is 4.90 Å². The summed E-state index contributed by atoms with van der Waals surface area (Å²) in [6, 6.07) is 7.42. The molecule has 2 unspecified atom stereocenters. The minimum absolute atomic E-state index is 0.164. The standard InChI is InChI=1S/C25H34N2O/c1-17-5-9-22-21(14-17)25(16-27(22)24(28)20-7-8-20)10-12-26(13-11-25)23-15-18(2)4-6-19(23)3/h5,9,14,19-20,23H,2,4,6-8,10-13,15-16H2,1,3H3. The highest BCUT2D eigenvalue weighted by atomic mass is 16.2. The number of rotatable bonds is 2. The highest BCUT2D eigenvalue weighted by Crippen LogP contribution is 2.49. The zero-order valence-electron chi connectivity index (χ0n) is 17.5. The second-order valence-electron chi connectivity index (χ2n) is 10.1. The zero-order chi connectivity index (χ0) is 19.5. The topological polar surface area (TPSA) is 23.6 Å². The Labute approximate surface area is 169 Å². The molecule has 4 aliphatic rings. The van der Waals surface area contributed by atoms with Crippen LogP contribution in [0.5, 0.6) is 0 Å². The first-order valence-electron chi connectivity index (χ1n) is 11.3. The third-order valence-corrected chi connectivity index (χ3v) is 8.00. The summed E-state index contributed by atoms with van der Waals surface area (Å²) in [4.78, 5) is 17.9. The maximum absolute atomic E-state index is 13.0. The molecule has 2 heterocycles. The summed E-state index contributed by atoms with van der Waals surface area (Å²) in [5, 5.41) is 0. The first-order valence-corrected chi connectivity index (χ1v) is 11.3. The van der Waals surface area contributed by atoms with Gasteiger partial charge in [-0.3, -0.25) is 9.69 Å². The smallest absolute Gasteiger partial charge is 0.230 e. The molecule has 28 heavy (non-hydrogen) atoms. The van der Waals surface area contributed by atoms with E-state index in [9.17, 15) is 4.79 Å². The fourth-order valence-electron chi connectivity index (χ4n) is 5.95. The van der Waals surface area contributed by atoms with E-state index in [0.29, 0.717) is 17.9 Å². The van der Waals surface area contributed by atoms with Crippen LogP contribution < -0.4 is 4.90 Å². The number of anilines is 1. The van der Waals surface area contributed by atoms with Crippen molar-refractivity contribution in [2.75, 3.05) is 24.5 Å². The van der Waals surface area contributed by atoms with Crippen molar-refractivity contribution in [3.05, 3.63) is 41.5 Å². The van der Waals surface area contributed by atoms with Crippen LogP contribution in [0.2, 0.25) is 0 Å². The molecule has 1 aromatic rings. The van der Waals surface area contributed by atoms with E-state index in [4.69, 9.17) is 0 Å². The maximum atomic E-state index is 13.0. The van der Waals surface area contributed by atoms with Crippen LogP contribution in [0.1, 0.15) is 63.0 Å². The normalized spacial score (nSPS) is 29.9. The van der Waals surface area contributed by atoms with Gasteiger partial charge in [-0.05, 0) is 82.5 Å². The number of nitrogens with zero attached hydrogens (tertiary/aromatic N) is 2. The van der Waals surface area contributed by atoms with Crippen LogP contribution in [0.15, 0.2) is 30.4 Å². The van der Waals surface area contributed by atoms with Gasteiger partial charge in [-0.2, -0.15) is 0 Å². The van der Waals surface area contributed by atoms with Gasteiger partial charge in [0.15, 0.2) is 0 Å². The number of fused-ring (bicyclic) bond motifs is 2. The Bertz CT molecular complexity index is 801. The molecule has 3 heteroatoms. The lowest BCUT2D eigenvalue weighted by Gasteiger charge is -2.46. The highest BCUT2D eigenvalue weighted by Gasteiger charge is 2.49. The molecule has 1 saturated heterocycles. The predicted molar refractivity (Wildman–Crippen MR) is 115 cm³/mol. The van der Waals surface area contributed by atoms with Gasteiger partial charge in [0, 0.05) is 29.6 Å². The van der Waals surface area contributed by atoms with Crippen LogP contribution in [-0.4, -0.2) is 36.5 Å². The molecule has 0 N–H and O–H groups in total. The second kappa shape index (κ2) is 6.73. The number of benzene rings is 1. The van der Waals surface area contributed by atoms with Crippen molar-refractivity contribution in [3.63, 3.8) is 0 Å². The largest absolute Gasteiger partial charge is 0.311 e. The fraction of sp³-hybridized carbons (Fsp3) is 0.640. The Hall–Kier alpha value is -1.61. The van der Waals surface area contributed by atoms with Crippen LogP contribution in [0, 0.1) is 18.8 Å². The van der Waals surface area contributed by atoms with Gasteiger partial charge in [-0.15, -0.1) is 0 Å². The molecule has 0 radical (unpaired) electrons. The lowest BCUT2D eigenvalue weighted by Crippen LogP contribution is -2.51. The van der Waals surface area contributed by atoms with Crippen LogP contribution in [0.4, 0.5) is 5.69 Å². The molecule has 1 amide bonds. The molecule has 2 atom stereocenters. The summed E-state index contributed by atoms with van der Waals surface area (Å²) in [7, 11) is 0. The summed E-state index contributed by atoms with van der Waals surface area (Å²) < 4.78 is 0. The molecule has 1 spiro atoms. The molecule has 2 saturated carbocycles. The highest BCUT2D eigenvalue weighted by molar-refractivity contribution is 5.99. The van der Waals surface area contributed by atoms with Gasteiger partial charge in [0.2, 0.25) is 5.91 Å². The van der Waals surface area contributed by atoms with Gasteiger partial charge in [-0.25, -0.2) is 0 Å². The van der Waals surface area contributed by atoms with Crippen molar-refractivity contribution in [1.29, 1.82) is 0 Å². The Balaban J connectivity index is 1.38. The molecule has 2 aliphatic heterocycles. The molecule has 0 aromatic heterocycles. The van der Waals surface area contributed by atoms with Crippen LogP contribution in [0.3, 0.4) is 0 Å². The van der Waals surface area contributed by atoms with E-state index in [1.807, 2.05) is 0 Å². The number of aryl methyl sites for hydroxylation is 1. The molecule has 3 fully saturated rings. The summed E-state index contributed by atoms with van der Waals surface area (Å²) in [5.74, 6) is 1.44. The van der Waals surface area contributed by atoms with Crippen molar-refractivity contribution >= 4 is 11.6 Å². The fourth-order valence-corrected chi connectivity index (χ4v) is 5.95. The van der Waals surface area contributed by atoms with Crippen molar-refractivity contribution in [2.45, 2.75) is 70.3 Å². The van der Waals surface area contributed by atoms with E-state index < -0.39 is 0 Å². The molecular weight excluding hydrogens is 344 g/mol. The van der Waals surface area contributed by atoms with Crippen molar-refractivity contribution in [3.8, 4) is 0 Å². The number of amides is 1. The van der Waals surface area contributed by atoms with Crippen LogP contribution in [-0.2, 0) is 10.2 Å². The number of carbonyl (C=O) groups excluding carboxylic acids is 1. The Morgan fingerprint density at radius 2 is 1.93 bits per heavy atom. The van der Waals surface area contributed by atoms with Crippen molar-refractivity contribution in [1.82, 2.24) is 4.90 Å². The molecule has 0 bridgehead atoms. The van der Waals surface area contributed by atoms with Crippen LogP contribution in [0.25, 0.3) is 0 Å².